The highest BCUT2D eigenvalue weighted by Gasteiger charge is 2.30. The third-order valence-corrected chi connectivity index (χ3v) is 3.40. The lowest BCUT2D eigenvalue weighted by Crippen LogP contribution is -2.59. The molecular formula is C14H29N3O2. The number of nitrogens with zero attached hydrogens (tertiary/aromatic N) is 1. The summed E-state index contributed by atoms with van der Waals surface area (Å²) in [4.78, 5) is 14.1. The van der Waals surface area contributed by atoms with Crippen LogP contribution in [0.1, 0.15) is 34.1 Å². The Morgan fingerprint density at radius 1 is 1.47 bits per heavy atom. The van der Waals surface area contributed by atoms with Crippen LogP contribution >= 0.6 is 0 Å². The first-order valence-corrected chi connectivity index (χ1v) is 7.26. The molecular weight excluding hydrogens is 242 g/mol. The van der Waals surface area contributed by atoms with E-state index in [0.717, 1.165) is 26.1 Å². The van der Waals surface area contributed by atoms with Crippen LogP contribution in [0.4, 0.5) is 0 Å². The average Bonchev–Trinajstić information content (AvgIpc) is 2.31. The fourth-order valence-corrected chi connectivity index (χ4v) is 2.16. The van der Waals surface area contributed by atoms with Crippen molar-refractivity contribution in [2.24, 2.45) is 0 Å². The number of rotatable bonds is 7. The molecule has 19 heavy (non-hydrogen) atoms. The Morgan fingerprint density at radius 3 is 2.84 bits per heavy atom. The molecule has 5 heteroatoms. The number of amides is 1. The van der Waals surface area contributed by atoms with Crippen molar-refractivity contribution in [1.29, 1.82) is 0 Å². The number of carbonyl (C=O) groups excluding carboxylic acids is 1. The summed E-state index contributed by atoms with van der Waals surface area (Å²) in [6.07, 6.45) is 1.13. The summed E-state index contributed by atoms with van der Waals surface area (Å²) in [5, 5.41) is 6.32. The third kappa shape index (κ3) is 6.36. The van der Waals surface area contributed by atoms with E-state index in [-0.39, 0.29) is 17.6 Å². The van der Waals surface area contributed by atoms with Crippen LogP contribution in [0.2, 0.25) is 0 Å². The summed E-state index contributed by atoms with van der Waals surface area (Å²) < 4.78 is 5.44. The first-order valence-electron chi connectivity index (χ1n) is 7.26. The van der Waals surface area contributed by atoms with Gasteiger partial charge >= 0.3 is 0 Å². The summed E-state index contributed by atoms with van der Waals surface area (Å²) in [5.41, 5.74) is 0.0519. The Kier molecular flexibility index (Phi) is 6.75. The second-order valence-electron chi connectivity index (χ2n) is 6.03. The van der Waals surface area contributed by atoms with Crippen LogP contribution in [0.3, 0.4) is 0 Å². The van der Waals surface area contributed by atoms with Crippen molar-refractivity contribution in [1.82, 2.24) is 15.5 Å². The molecule has 0 atom stereocenters. The molecule has 2 N–H and O–H groups in total. The molecule has 1 heterocycles. The summed E-state index contributed by atoms with van der Waals surface area (Å²) in [6.45, 7) is 13.1. The second kappa shape index (κ2) is 7.82. The van der Waals surface area contributed by atoms with E-state index in [1.54, 1.807) is 0 Å². The summed E-state index contributed by atoms with van der Waals surface area (Å²) in [5.74, 6) is 0.111. The van der Waals surface area contributed by atoms with Gasteiger partial charge in [-0.2, -0.15) is 0 Å². The highest BCUT2D eigenvalue weighted by atomic mass is 16.5. The van der Waals surface area contributed by atoms with Gasteiger partial charge in [0.25, 0.3) is 0 Å². The van der Waals surface area contributed by atoms with Gasteiger partial charge in [0.05, 0.1) is 12.6 Å². The van der Waals surface area contributed by atoms with E-state index in [1.807, 2.05) is 13.8 Å². The van der Waals surface area contributed by atoms with Crippen LogP contribution in [-0.4, -0.2) is 61.8 Å². The van der Waals surface area contributed by atoms with Crippen molar-refractivity contribution in [3.05, 3.63) is 0 Å². The van der Waals surface area contributed by atoms with Crippen molar-refractivity contribution < 1.29 is 9.53 Å². The quantitative estimate of drug-likeness (QED) is 0.666. The third-order valence-electron chi connectivity index (χ3n) is 3.40. The molecule has 1 aliphatic heterocycles. The molecule has 1 aliphatic rings. The minimum absolute atomic E-state index is 0.0519. The van der Waals surface area contributed by atoms with Crippen LogP contribution in [0.25, 0.3) is 0 Å². The number of nitrogens with one attached hydrogen (secondary N) is 2. The fourth-order valence-electron chi connectivity index (χ4n) is 2.16. The summed E-state index contributed by atoms with van der Waals surface area (Å²) >= 11 is 0. The average molecular weight is 271 g/mol. The maximum Gasteiger partial charge on any atom is 0.234 e. The van der Waals surface area contributed by atoms with Gasteiger partial charge in [0.2, 0.25) is 5.91 Å². The number of ether oxygens (including phenoxy) is 1. The Hall–Kier alpha value is -0.650. The maximum atomic E-state index is 11.9. The predicted molar refractivity (Wildman–Crippen MR) is 77.2 cm³/mol. The van der Waals surface area contributed by atoms with Gasteiger partial charge < -0.3 is 15.4 Å². The molecule has 0 aromatic heterocycles. The van der Waals surface area contributed by atoms with E-state index in [0.29, 0.717) is 19.7 Å². The lowest BCUT2D eigenvalue weighted by Gasteiger charge is -2.42. The molecule has 0 radical (unpaired) electrons. The lowest BCUT2D eigenvalue weighted by atomic mass is 10.0. The largest absolute Gasteiger partial charge is 0.379 e. The SMILES string of the molecule is CC(C)OCCCNC(=O)CN1CCNCC1(C)C. The monoisotopic (exact) mass is 271 g/mol. The molecule has 0 saturated carbocycles. The van der Waals surface area contributed by atoms with Crippen LogP contribution < -0.4 is 10.6 Å². The first kappa shape index (κ1) is 16.4. The molecule has 112 valence electrons. The second-order valence-corrected chi connectivity index (χ2v) is 6.03. The molecule has 1 amide bonds. The molecule has 1 fully saturated rings. The van der Waals surface area contributed by atoms with E-state index < -0.39 is 0 Å². The van der Waals surface area contributed by atoms with Gasteiger partial charge in [0, 0.05) is 38.3 Å². The Bertz CT molecular complexity index is 280. The molecule has 1 saturated heterocycles. The molecule has 0 aliphatic carbocycles. The molecule has 0 spiro atoms. The van der Waals surface area contributed by atoms with E-state index in [4.69, 9.17) is 4.74 Å². The summed E-state index contributed by atoms with van der Waals surface area (Å²) in [6, 6.07) is 0. The molecule has 0 unspecified atom stereocenters. The van der Waals surface area contributed by atoms with Gasteiger partial charge in [-0.05, 0) is 34.1 Å². The minimum atomic E-state index is 0.0519. The molecule has 0 bridgehead atoms. The summed E-state index contributed by atoms with van der Waals surface area (Å²) in [7, 11) is 0. The van der Waals surface area contributed by atoms with Gasteiger partial charge in [-0.3, -0.25) is 9.69 Å². The highest BCUT2D eigenvalue weighted by molar-refractivity contribution is 5.78. The van der Waals surface area contributed by atoms with Gasteiger partial charge in [-0.1, -0.05) is 0 Å². The lowest BCUT2D eigenvalue weighted by molar-refractivity contribution is -0.124. The van der Waals surface area contributed by atoms with Gasteiger partial charge in [0.15, 0.2) is 0 Å². The van der Waals surface area contributed by atoms with E-state index >= 15 is 0 Å². The maximum absolute atomic E-state index is 11.9. The van der Waals surface area contributed by atoms with Crippen molar-refractivity contribution in [2.75, 3.05) is 39.3 Å². The van der Waals surface area contributed by atoms with Crippen LogP contribution in [0.15, 0.2) is 0 Å². The van der Waals surface area contributed by atoms with Crippen LogP contribution in [0.5, 0.6) is 0 Å². The zero-order valence-electron chi connectivity index (χ0n) is 12.8. The Labute approximate surface area is 117 Å². The molecule has 1 rings (SSSR count). The van der Waals surface area contributed by atoms with Crippen molar-refractivity contribution >= 4 is 5.91 Å². The van der Waals surface area contributed by atoms with Crippen molar-refractivity contribution in [3.63, 3.8) is 0 Å². The predicted octanol–water partition coefficient (Wildman–Crippen LogP) is 0.602. The van der Waals surface area contributed by atoms with E-state index in [2.05, 4.69) is 29.4 Å². The van der Waals surface area contributed by atoms with Gasteiger partial charge in [0.1, 0.15) is 0 Å². The molecule has 5 nitrogen and oxygen atoms in total. The first-order chi connectivity index (χ1) is 8.92. The topological polar surface area (TPSA) is 53.6 Å². The van der Waals surface area contributed by atoms with Crippen LogP contribution in [0, 0.1) is 0 Å². The smallest absolute Gasteiger partial charge is 0.234 e. The van der Waals surface area contributed by atoms with Crippen LogP contribution in [-0.2, 0) is 9.53 Å². The zero-order valence-corrected chi connectivity index (χ0v) is 12.8. The fraction of sp³-hybridized carbons (Fsp3) is 0.929. The minimum Gasteiger partial charge on any atom is -0.379 e. The Morgan fingerprint density at radius 2 is 2.21 bits per heavy atom. The number of hydrogen-bond donors (Lipinski definition) is 2. The van der Waals surface area contributed by atoms with Gasteiger partial charge in [-0.15, -0.1) is 0 Å². The molecule has 0 aromatic carbocycles. The van der Waals surface area contributed by atoms with E-state index in [9.17, 15) is 4.79 Å². The standard InChI is InChI=1S/C14H29N3O2/c1-12(2)19-9-5-6-16-13(18)10-17-8-7-15-11-14(17,3)4/h12,15H,5-11H2,1-4H3,(H,16,18). The number of carbonyl (C=O) groups is 1. The van der Waals surface area contributed by atoms with Crippen molar-refractivity contribution in [2.45, 2.75) is 45.8 Å². The molecule has 0 aromatic rings. The van der Waals surface area contributed by atoms with E-state index in [1.165, 1.54) is 0 Å². The normalized spacial score (nSPS) is 19.6. The van der Waals surface area contributed by atoms with Gasteiger partial charge in [-0.25, -0.2) is 0 Å². The zero-order chi connectivity index (χ0) is 14.3. The Balaban J connectivity index is 2.16. The van der Waals surface area contributed by atoms with Crippen molar-refractivity contribution in [3.8, 4) is 0 Å². The number of piperazine rings is 1. The highest BCUT2D eigenvalue weighted by Crippen LogP contribution is 2.15. The number of hydrogen-bond acceptors (Lipinski definition) is 4.